The largest absolute Gasteiger partial charge is 0.241 e. The van der Waals surface area contributed by atoms with Crippen LogP contribution in [0.25, 0.3) is 31.7 Å². The average Bonchev–Trinajstić information content (AvgIpc) is 3.24. The van der Waals surface area contributed by atoms with E-state index < -0.39 is 0 Å². The summed E-state index contributed by atoms with van der Waals surface area (Å²) in [5, 5.41) is 5.27. The zero-order chi connectivity index (χ0) is 16.5. The Kier molecular flexibility index (Phi) is 4.37. The zero-order valence-electron chi connectivity index (χ0n) is 12.2. The summed E-state index contributed by atoms with van der Waals surface area (Å²) in [6, 6.07) is 15.5. The Hall–Kier alpha value is -1.72. The molecule has 2 nitrogen and oxygen atoms in total. The molecule has 0 fully saturated rings. The SMILES string of the molecule is Clc1cccc(-c2csc(-c3ncc(-c4cccc(Cl)c4)s3)n2)c1. The Labute approximate surface area is 157 Å². The molecule has 0 saturated carbocycles. The van der Waals surface area contributed by atoms with E-state index in [-0.39, 0.29) is 0 Å². The fraction of sp³-hybridized carbons (Fsp3) is 0. The van der Waals surface area contributed by atoms with Gasteiger partial charge < -0.3 is 0 Å². The number of benzene rings is 2. The number of hydrogen-bond acceptors (Lipinski definition) is 4. The van der Waals surface area contributed by atoms with Crippen LogP contribution in [0.2, 0.25) is 10.0 Å². The van der Waals surface area contributed by atoms with Crippen molar-refractivity contribution in [3.05, 3.63) is 70.2 Å². The van der Waals surface area contributed by atoms with Gasteiger partial charge in [-0.3, -0.25) is 0 Å². The van der Waals surface area contributed by atoms with Crippen LogP contribution in [0.5, 0.6) is 0 Å². The van der Waals surface area contributed by atoms with Crippen molar-refractivity contribution in [1.82, 2.24) is 9.97 Å². The number of thiazole rings is 2. The van der Waals surface area contributed by atoms with Crippen LogP contribution in [-0.2, 0) is 0 Å². The molecule has 6 heteroatoms. The molecule has 0 bridgehead atoms. The second-order valence-electron chi connectivity index (χ2n) is 5.09. The molecule has 0 N–H and O–H groups in total. The standard InChI is InChI=1S/C18H10Cl2N2S2/c19-13-5-1-3-11(7-13)15-10-23-18(22-15)17-21-9-16(24-17)12-4-2-6-14(20)8-12/h1-10H. The Bertz CT molecular complexity index is 926. The second-order valence-corrected chi connectivity index (χ2v) is 7.85. The van der Waals surface area contributed by atoms with E-state index in [9.17, 15) is 0 Å². The molecule has 2 heterocycles. The zero-order valence-corrected chi connectivity index (χ0v) is 15.4. The first-order chi connectivity index (χ1) is 11.7. The summed E-state index contributed by atoms with van der Waals surface area (Å²) in [4.78, 5) is 10.3. The third-order valence-electron chi connectivity index (χ3n) is 3.42. The maximum Gasteiger partial charge on any atom is 0.152 e. The van der Waals surface area contributed by atoms with Gasteiger partial charge in [-0.1, -0.05) is 47.5 Å². The molecule has 0 saturated heterocycles. The fourth-order valence-corrected chi connectivity index (χ4v) is 4.46. The van der Waals surface area contributed by atoms with E-state index in [4.69, 9.17) is 28.2 Å². The third-order valence-corrected chi connectivity index (χ3v) is 5.92. The topological polar surface area (TPSA) is 25.8 Å². The highest BCUT2D eigenvalue weighted by atomic mass is 35.5. The predicted molar refractivity (Wildman–Crippen MR) is 104 cm³/mol. The Morgan fingerprint density at radius 3 is 2.29 bits per heavy atom. The normalized spacial score (nSPS) is 10.9. The molecule has 0 amide bonds. The Morgan fingerprint density at radius 1 is 0.833 bits per heavy atom. The van der Waals surface area contributed by atoms with Gasteiger partial charge in [-0.2, -0.15) is 0 Å². The number of hydrogen-bond donors (Lipinski definition) is 0. The molecule has 2 aromatic carbocycles. The van der Waals surface area contributed by atoms with Crippen molar-refractivity contribution < 1.29 is 0 Å². The van der Waals surface area contributed by atoms with Gasteiger partial charge in [0.1, 0.15) is 0 Å². The lowest BCUT2D eigenvalue weighted by atomic mass is 10.2. The minimum Gasteiger partial charge on any atom is -0.241 e. The van der Waals surface area contributed by atoms with Gasteiger partial charge in [0.25, 0.3) is 0 Å². The predicted octanol–water partition coefficient (Wildman–Crippen LogP) is 6.91. The third kappa shape index (κ3) is 3.23. The van der Waals surface area contributed by atoms with E-state index in [0.717, 1.165) is 36.7 Å². The van der Waals surface area contributed by atoms with Crippen molar-refractivity contribution in [3.63, 3.8) is 0 Å². The first-order valence-electron chi connectivity index (χ1n) is 7.13. The molecule has 4 rings (SSSR count). The summed E-state index contributed by atoms with van der Waals surface area (Å²) in [6.45, 7) is 0. The summed E-state index contributed by atoms with van der Waals surface area (Å²) in [5.41, 5.74) is 2.99. The van der Waals surface area contributed by atoms with Gasteiger partial charge in [0.2, 0.25) is 0 Å². The smallest absolute Gasteiger partial charge is 0.152 e. The molecule has 2 aromatic heterocycles. The molecule has 0 aliphatic carbocycles. The van der Waals surface area contributed by atoms with Crippen molar-refractivity contribution in [3.8, 4) is 31.7 Å². The number of rotatable bonds is 3. The molecule has 0 atom stereocenters. The van der Waals surface area contributed by atoms with Crippen LogP contribution in [0.4, 0.5) is 0 Å². The van der Waals surface area contributed by atoms with Crippen molar-refractivity contribution in [2.75, 3.05) is 0 Å². The van der Waals surface area contributed by atoms with E-state index in [1.54, 1.807) is 22.7 Å². The van der Waals surface area contributed by atoms with Gasteiger partial charge in [0.05, 0.1) is 10.6 Å². The van der Waals surface area contributed by atoms with E-state index in [1.165, 1.54) is 0 Å². The summed E-state index contributed by atoms with van der Waals surface area (Å²) < 4.78 is 0. The Balaban J connectivity index is 1.66. The van der Waals surface area contributed by atoms with Crippen LogP contribution in [0.1, 0.15) is 0 Å². The van der Waals surface area contributed by atoms with Crippen molar-refractivity contribution in [2.24, 2.45) is 0 Å². The molecular formula is C18H10Cl2N2S2. The fourth-order valence-electron chi connectivity index (χ4n) is 2.30. The summed E-state index contributed by atoms with van der Waals surface area (Å²) >= 11 is 15.3. The first-order valence-corrected chi connectivity index (χ1v) is 9.58. The lowest BCUT2D eigenvalue weighted by Gasteiger charge is -1.97. The van der Waals surface area contributed by atoms with Gasteiger partial charge in [-0.25, -0.2) is 9.97 Å². The molecule has 118 valence electrons. The number of nitrogens with zero attached hydrogens (tertiary/aromatic N) is 2. The van der Waals surface area contributed by atoms with Gasteiger partial charge in [0, 0.05) is 27.2 Å². The lowest BCUT2D eigenvalue weighted by Crippen LogP contribution is -1.78. The summed E-state index contributed by atoms with van der Waals surface area (Å²) in [6.07, 6.45) is 1.87. The van der Waals surface area contributed by atoms with Gasteiger partial charge in [-0.15, -0.1) is 22.7 Å². The van der Waals surface area contributed by atoms with Crippen molar-refractivity contribution in [2.45, 2.75) is 0 Å². The minimum atomic E-state index is 0.708. The van der Waals surface area contributed by atoms with Gasteiger partial charge in [0.15, 0.2) is 10.0 Å². The van der Waals surface area contributed by atoms with E-state index in [0.29, 0.717) is 5.02 Å². The molecule has 4 aromatic rings. The monoisotopic (exact) mass is 388 g/mol. The van der Waals surface area contributed by atoms with Crippen molar-refractivity contribution in [1.29, 1.82) is 0 Å². The van der Waals surface area contributed by atoms with E-state index in [2.05, 4.69) is 4.98 Å². The molecule has 0 spiro atoms. The van der Waals surface area contributed by atoms with Crippen LogP contribution >= 0.6 is 45.9 Å². The highest BCUT2D eigenvalue weighted by Crippen LogP contribution is 2.36. The van der Waals surface area contributed by atoms with Crippen LogP contribution in [-0.4, -0.2) is 9.97 Å². The highest BCUT2D eigenvalue weighted by molar-refractivity contribution is 7.22. The summed E-state index contributed by atoms with van der Waals surface area (Å²) in [5.74, 6) is 0. The lowest BCUT2D eigenvalue weighted by molar-refractivity contribution is 1.35. The van der Waals surface area contributed by atoms with Gasteiger partial charge in [-0.05, 0) is 29.8 Å². The number of aromatic nitrogens is 2. The highest BCUT2D eigenvalue weighted by Gasteiger charge is 2.12. The molecule has 0 radical (unpaired) electrons. The Morgan fingerprint density at radius 2 is 1.54 bits per heavy atom. The molecule has 24 heavy (non-hydrogen) atoms. The second kappa shape index (κ2) is 6.65. The quantitative estimate of drug-likeness (QED) is 0.381. The molecular weight excluding hydrogens is 379 g/mol. The molecule has 0 aliphatic heterocycles. The summed E-state index contributed by atoms with van der Waals surface area (Å²) in [7, 11) is 0. The molecule has 0 aliphatic rings. The van der Waals surface area contributed by atoms with Crippen LogP contribution in [0, 0.1) is 0 Å². The van der Waals surface area contributed by atoms with Crippen molar-refractivity contribution >= 4 is 45.9 Å². The van der Waals surface area contributed by atoms with E-state index in [1.807, 2.05) is 60.1 Å². The van der Waals surface area contributed by atoms with Gasteiger partial charge >= 0.3 is 0 Å². The average molecular weight is 389 g/mol. The minimum absolute atomic E-state index is 0.708. The van der Waals surface area contributed by atoms with Crippen LogP contribution in [0.15, 0.2) is 60.1 Å². The van der Waals surface area contributed by atoms with E-state index >= 15 is 0 Å². The maximum atomic E-state index is 6.07. The first kappa shape index (κ1) is 15.8. The molecule has 0 unspecified atom stereocenters. The maximum absolute atomic E-state index is 6.07. The van der Waals surface area contributed by atoms with Crippen LogP contribution < -0.4 is 0 Å². The van der Waals surface area contributed by atoms with Crippen LogP contribution in [0.3, 0.4) is 0 Å². The number of halogens is 2.